The summed E-state index contributed by atoms with van der Waals surface area (Å²) in [5.74, 6) is 0.174. The number of fused-ring (bicyclic) bond motifs is 2. The molecule has 10 heteroatoms. The molecule has 1 fully saturated rings. The van der Waals surface area contributed by atoms with Gasteiger partial charge >= 0.3 is 29.6 Å². The first-order valence-electron chi connectivity index (χ1n) is 11.3. The average molecular weight is 482 g/mol. The van der Waals surface area contributed by atoms with Crippen LogP contribution < -0.4 is 39.2 Å². The van der Waals surface area contributed by atoms with E-state index in [0.29, 0.717) is 26.1 Å². The summed E-state index contributed by atoms with van der Waals surface area (Å²) in [5, 5.41) is 2.85. The predicted octanol–water partition coefficient (Wildman–Crippen LogP) is 1.41. The van der Waals surface area contributed by atoms with Crippen LogP contribution in [0.25, 0.3) is 4.72 Å². The maximum Gasteiger partial charge on any atom is 1.00 e. The Morgan fingerprint density at radius 1 is 1.06 bits per heavy atom. The van der Waals surface area contributed by atoms with Crippen molar-refractivity contribution in [1.29, 1.82) is 0 Å². The van der Waals surface area contributed by atoms with Crippen molar-refractivity contribution < 1.29 is 51.9 Å². The number of carbonyl (C=O) groups is 1. The summed E-state index contributed by atoms with van der Waals surface area (Å²) in [4.78, 5) is 12.9. The molecule has 3 aliphatic rings. The fraction of sp³-hybridized carbons (Fsp3) is 0.522. The molecule has 2 aromatic rings. The molecule has 172 valence electrons. The summed E-state index contributed by atoms with van der Waals surface area (Å²) in [7, 11) is -4.31. The zero-order valence-electron chi connectivity index (χ0n) is 19.2. The van der Waals surface area contributed by atoms with Gasteiger partial charge in [0.15, 0.2) is 6.03 Å². The van der Waals surface area contributed by atoms with E-state index in [-0.39, 0.29) is 41.5 Å². The largest absolute Gasteiger partial charge is 1.00 e. The third-order valence-electron chi connectivity index (χ3n) is 6.61. The van der Waals surface area contributed by atoms with Gasteiger partial charge in [0, 0.05) is 19.3 Å². The van der Waals surface area contributed by atoms with Crippen LogP contribution in [0.5, 0.6) is 0 Å². The van der Waals surface area contributed by atoms with E-state index < -0.39 is 16.2 Å². The van der Waals surface area contributed by atoms with Crippen LogP contribution in [0.4, 0.5) is 16.4 Å². The summed E-state index contributed by atoms with van der Waals surface area (Å²) < 4.78 is 42.3. The molecule has 0 saturated carbocycles. The summed E-state index contributed by atoms with van der Waals surface area (Å²) >= 11 is 0. The molecule has 2 amide bonds. The van der Waals surface area contributed by atoms with Gasteiger partial charge in [-0.25, -0.2) is 12.7 Å². The zero-order chi connectivity index (χ0) is 22.3. The predicted molar refractivity (Wildman–Crippen MR) is 122 cm³/mol. The molecule has 0 bridgehead atoms. The van der Waals surface area contributed by atoms with Crippen molar-refractivity contribution in [3.05, 3.63) is 50.9 Å². The van der Waals surface area contributed by atoms with Gasteiger partial charge in [-0.15, -0.1) is 0 Å². The van der Waals surface area contributed by atoms with Gasteiger partial charge in [0.2, 0.25) is 5.88 Å². The summed E-state index contributed by atoms with van der Waals surface area (Å²) in [5.41, 5.74) is 6.37. The standard InChI is InChI=1S/C23H29N3O5S.Na/c1-15-12-21(31-14-15)26(18-8-10-30-11-9-18)32(28,29)25-23(27)24-22-19-6-2-4-16(19)13-17-5-3-7-20(17)22;/h12-14,18H,2-11H2,1H3,(H2,24,25,27);/q;+1/p-1. The third kappa shape index (κ3) is 4.98. The first kappa shape index (κ1) is 24.6. The van der Waals surface area contributed by atoms with E-state index in [1.165, 1.54) is 17.4 Å². The number of aryl methyl sites for hydroxylation is 3. The summed E-state index contributed by atoms with van der Waals surface area (Å²) in [6.45, 7) is 2.72. The van der Waals surface area contributed by atoms with Gasteiger partial charge in [0.25, 0.3) is 10.2 Å². The van der Waals surface area contributed by atoms with Crippen LogP contribution in [0.15, 0.2) is 22.8 Å². The number of ether oxygens (including phenoxy) is 1. The topological polar surface area (TPSA) is 103 Å². The molecular weight excluding hydrogens is 453 g/mol. The average Bonchev–Trinajstić information content (AvgIpc) is 3.49. The number of nitrogens with zero attached hydrogens (tertiary/aromatic N) is 2. The van der Waals surface area contributed by atoms with Crippen LogP contribution in [0.1, 0.15) is 53.5 Å². The fourth-order valence-corrected chi connectivity index (χ4v) is 6.43. The van der Waals surface area contributed by atoms with E-state index in [1.54, 1.807) is 6.07 Å². The van der Waals surface area contributed by atoms with Crippen molar-refractivity contribution in [1.82, 2.24) is 0 Å². The van der Waals surface area contributed by atoms with Crippen molar-refractivity contribution in [2.45, 2.75) is 64.3 Å². The molecule has 5 rings (SSSR count). The number of anilines is 2. The number of rotatable bonds is 5. The molecule has 1 aliphatic heterocycles. The molecule has 1 aromatic carbocycles. The Hall–Kier alpha value is -1.52. The summed E-state index contributed by atoms with van der Waals surface area (Å²) in [6, 6.07) is 2.68. The second-order valence-corrected chi connectivity index (χ2v) is 10.3. The molecular formula is C23H28N3NaO5S. The maximum absolute atomic E-state index is 13.3. The minimum Gasteiger partial charge on any atom is -0.448 e. The van der Waals surface area contributed by atoms with E-state index in [2.05, 4.69) is 16.1 Å². The SMILES string of the molecule is Cc1coc(N(C2CCOCC2)S(=O)(=O)[N-]C(=O)Nc2c3c(cc4c2CCC4)CCC3)c1.[Na+]. The smallest absolute Gasteiger partial charge is 0.448 e. The van der Waals surface area contributed by atoms with Gasteiger partial charge in [-0.3, -0.25) is 4.79 Å². The van der Waals surface area contributed by atoms with Gasteiger partial charge < -0.3 is 19.2 Å². The van der Waals surface area contributed by atoms with Crippen molar-refractivity contribution in [2.24, 2.45) is 0 Å². The molecule has 1 N–H and O–H groups in total. The van der Waals surface area contributed by atoms with E-state index in [1.807, 2.05) is 6.92 Å². The Morgan fingerprint density at radius 3 is 2.27 bits per heavy atom. The van der Waals surface area contributed by atoms with Crippen LogP contribution >= 0.6 is 0 Å². The van der Waals surface area contributed by atoms with Crippen molar-refractivity contribution in [3.63, 3.8) is 0 Å². The molecule has 33 heavy (non-hydrogen) atoms. The van der Waals surface area contributed by atoms with Gasteiger partial charge in [-0.1, -0.05) is 6.07 Å². The van der Waals surface area contributed by atoms with E-state index >= 15 is 0 Å². The second kappa shape index (κ2) is 10.00. The first-order valence-corrected chi connectivity index (χ1v) is 12.7. The monoisotopic (exact) mass is 481 g/mol. The quantitative estimate of drug-likeness (QED) is 0.651. The van der Waals surface area contributed by atoms with Crippen LogP contribution in [-0.4, -0.2) is 33.7 Å². The fourth-order valence-electron chi connectivity index (χ4n) is 5.18. The number of amides is 2. The first-order chi connectivity index (χ1) is 15.4. The number of hydrogen-bond acceptors (Lipinski definition) is 5. The van der Waals surface area contributed by atoms with Crippen LogP contribution in [0.2, 0.25) is 0 Å². The van der Waals surface area contributed by atoms with E-state index in [4.69, 9.17) is 9.15 Å². The van der Waals surface area contributed by atoms with Crippen molar-refractivity contribution >= 4 is 27.8 Å². The molecule has 0 spiro atoms. The molecule has 1 saturated heterocycles. The number of carbonyl (C=O) groups excluding carboxylic acids is 1. The Labute approximate surface area is 216 Å². The number of nitrogens with one attached hydrogen (secondary N) is 1. The number of furan rings is 1. The number of benzene rings is 1. The Morgan fingerprint density at radius 2 is 1.70 bits per heavy atom. The molecule has 0 atom stereocenters. The maximum atomic E-state index is 13.3. The third-order valence-corrected chi connectivity index (χ3v) is 7.98. The summed E-state index contributed by atoms with van der Waals surface area (Å²) in [6.07, 6.45) is 8.39. The van der Waals surface area contributed by atoms with E-state index in [9.17, 15) is 13.2 Å². The molecule has 0 radical (unpaired) electrons. The second-order valence-electron chi connectivity index (χ2n) is 8.83. The van der Waals surface area contributed by atoms with Crippen molar-refractivity contribution in [3.8, 4) is 0 Å². The number of urea groups is 1. The Bertz CT molecular complexity index is 1110. The van der Waals surface area contributed by atoms with Crippen LogP contribution in [0, 0.1) is 6.92 Å². The Kier molecular flexibility index (Phi) is 7.45. The molecule has 0 unspecified atom stereocenters. The minimum absolute atomic E-state index is 0. The number of hydrogen-bond donors (Lipinski definition) is 1. The molecule has 1 aromatic heterocycles. The molecule has 2 heterocycles. The van der Waals surface area contributed by atoms with Crippen molar-refractivity contribution in [2.75, 3.05) is 22.8 Å². The molecule has 2 aliphatic carbocycles. The van der Waals surface area contributed by atoms with E-state index in [0.717, 1.165) is 65.2 Å². The molecule has 8 nitrogen and oxygen atoms in total. The normalized spacial score (nSPS) is 17.7. The van der Waals surface area contributed by atoms with Gasteiger partial charge in [-0.2, -0.15) is 0 Å². The van der Waals surface area contributed by atoms with Crippen LogP contribution in [0.3, 0.4) is 0 Å². The zero-order valence-corrected chi connectivity index (χ0v) is 22.0. The van der Waals surface area contributed by atoms with Crippen LogP contribution in [-0.2, 0) is 40.6 Å². The van der Waals surface area contributed by atoms with Gasteiger partial charge in [0.05, 0.1) is 12.3 Å². The van der Waals surface area contributed by atoms with Gasteiger partial charge in [0.1, 0.15) is 0 Å². The Balaban J connectivity index is 0.00000259. The van der Waals surface area contributed by atoms with Gasteiger partial charge in [-0.05, 0) is 91.8 Å². The minimum atomic E-state index is -4.31.